The van der Waals surface area contributed by atoms with Crippen molar-refractivity contribution in [3.05, 3.63) is 29.3 Å². The highest BCUT2D eigenvalue weighted by molar-refractivity contribution is 7.89. The van der Waals surface area contributed by atoms with E-state index in [9.17, 15) is 8.42 Å². The summed E-state index contributed by atoms with van der Waals surface area (Å²) < 4.78 is 37.2. The minimum Gasteiger partial charge on any atom is -0.454 e. The Labute approximate surface area is 125 Å². The lowest BCUT2D eigenvalue weighted by Crippen LogP contribution is -2.26. The van der Waals surface area contributed by atoms with Gasteiger partial charge in [0, 0.05) is 24.4 Å². The topological polar surface area (TPSA) is 104 Å². The van der Waals surface area contributed by atoms with Gasteiger partial charge in [-0.05, 0) is 12.1 Å². The largest absolute Gasteiger partial charge is 0.454 e. The summed E-state index contributed by atoms with van der Waals surface area (Å²) in [5.74, 6) is 0.983. The van der Waals surface area contributed by atoms with Crippen LogP contribution < -0.4 is 19.9 Å². The average molecular weight is 327 g/mol. The van der Waals surface area contributed by atoms with Crippen LogP contribution >= 0.6 is 11.3 Å². The van der Waals surface area contributed by atoms with Crippen molar-refractivity contribution in [1.29, 1.82) is 0 Å². The summed E-state index contributed by atoms with van der Waals surface area (Å²) >= 11 is 1.33. The number of nitrogens with two attached hydrogens (primary N) is 1. The SMILES string of the molecule is Nc1nc(CCNS(=O)(=O)c2ccc3c(c2)OCO3)cs1. The maximum atomic E-state index is 12.2. The lowest BCUT2D eigenvalue weighted by molar-refractivity contribution is 0.174. The van der Waals surface area contributed by atoms with Crippen molar-refractivity contribution >= 4 is 26.5 Å². The van der Waals surface area contributed by atoms with E-state index in [2.05, 4.69) is 9.71 Å². The molecule has 0 aliphatic carbocycles. The maximum absolute atomic E-state index is 12.2. The lowest BCUT2D eigenvalue weighted by atomic mass is 10.3. The van der Waals surface area contributed by atoms with E-state index in [4.69, 9.17) is 15.2 Å². The molecule has 0 fully saturated rings. The normalized spacial score (nSPS) is 13.5. The standard InChI is InChI=1S/C12H13N3O4S2/c13-12-15-8(6-20-12)3-4-14-21(16,17)9-1-2-10-11(5-9)19-7-18-10/h1-2,5-6,14H,3-4,7H2,(H2,13,15). The molecule has 2 aromatic rings. The molecule has 0 amide bonds. The van der Waals surface area contributed by atoms with Crippen molar-refractivity contribution in [2.45, 2.75) is 11.3 Å². The number of rotatable bonds is 5. The van der Waals surface area contributed by atoms with E-state index in [-0.39, 0.29) is 18.2 Å². The molecule has 0 saturated carbocycles. The van der Waals surface area contributed by atoms with Crippen molar-refractivity contribution < 1.29 is 17.9 Å². The second kappa shape index (κ2) is 5.51. The molecule has 1 aliphatic rings. The molecule has 1 aromatic heterocycles. The molecule has 0 spiro atoms. The van der Waals surface area contributed by atoms with E-state index >= 15 is 0 Å². The zero-order valence-electron chi connectivity index (χ0n) is 10.9. The molecule has 0 saturated heterocycles. The highest BCUT2D eigenvalue weighted by atomic mass is 32.2. The summed E-state index contributed by atoms with van der Waals surface area (Å²) in [6.45, 7) is 0.359. The Morgan fingerprint density at radius 3 is 2.90 bits per heavy atom. The van der Waals surface area contributed by atoms with E-state index in [0.717, 1.165) is 5.69 Å². The minimum atomic E-state index is -3.59. The Morgan fingerprint density at radius 2 is 2.14 bits per heavy atom. The number of nitrogen functional groups attached to an aromatic ring is 1. The van der Waals surface area contributed by atoms with Crippen LogP contribution in [0.2, 0.25) is 0 Å². The number of hydrogen-bond acceptors (Lipinski definition) is 7. The lowest BCUT2D eigenvalue weighted by Gasteiger charge is -2.06. The van der Waals surface area contributed by atoms with Crippen LogP contribution in [0, 0.1) is 0 Å². The predicted molar refractivity (Wildman–Crippen MR) is 78.0 cm³/mol. The second-order valence-corrected chi connectivity index (χ2v) is 7.00. The molecule has 0 unspecified atom stereocenters. The number of benzene rings is 1. The van der Waals surface area contributed by atoms with Gasteiger partial charge < -0.3 is 15.2 Å². The van der Waals surface area contributed by atoms with Gasteiger partial charge in [0.05, 0.1) is 10.6 Å². The van der Waals surface area contributed by atoms with Crippen LogP contribution in [0.25, 0.3) is 0 Å². The summed E-state index contributed by atoms with van der Waals surface area (Å²) in [6.07, 6.45) is 0.484. The zero-order chi connectivity index (χ0) is 14.9. The van der Waals surface area contributed by atoms with Gasteiger partial charge in [0.15, 0.2) is 16.6 Å². The molecule has 3 rings (SSSR count). The molecule has 0 radical (unpaired) electrons. The number of sulfonamides is 1. The third-order valence-corrected chi connectivity index (χ3v) is 5.08. The van der Waals surface area contributed by atoms with Gasteiger partial charge in [-0.1, -0.05) is 0 Å². The Hall–Kier alpha value is -1.84. The van der Waals surface area contributed by atoms with Gasteiger partial charge in [-0.15, -0.1) is 11.3 Å². The van der Waals surface area contributed by atoms with Crippen LogP contribution in [0.4, 0.5) is 5.13 Å². The molecule has 7 nitrogen and oxygen atoms in total. The Morgan fingerprint density at radius 1 is 1.33 bits per heavy atom. The van der Waals surface area contributed by atoms with Crippen LogP contribution in [0.1, 0.15) is 5.69 Å². The van der Waals surface area contributed by atoms with Crippen molar-refractivity contribution in [2.24, 2.45) is 0 Å². The number of nitrogens with zero attached hydrogens (tertiary/aromatic N) is 1. The van der Waals surface area contributed by atoms with Crippen molar-refractivity contribution in [1.82, 2.24) is 9.71 Å². The average Bonchev–Trinajstić information content (AvgIpc) is 3.06. The quantitative estimate of drug-likeness (QED) is 0.848. The monoisotopic (exact) mass is 327 g/mol. The summed E-state index contributed by atoms with van der Waals surface area (Å²) in [4.78, 5) is 4.22. The number of anilines is 1. The fourth-order valence-electron chi connectivity index (χ4n) is 1.88. The molecule has 0 bridgehead atoms. The third kappa shape index (κ3) is 3.09. The summed E-state index contributed by atoms with van der Waals surface area (Å²) in [6, 6.07) is 4.51. The first-order valence-corrected chi connectivity index (χ1v) is 8.50. The van der Waals surface area contributed by atoms with E-state index in [1.54, 1.807) is 6.07 Å². The number of ether oxygens (including phenoxy) is 2. The van der Waals surface area contributed by atoms with E-state index in [1.165, 1.54) is 23.5 Å². The molecular weight excluding hydrogens is 314 g/mol. The van der Waals surface area contributed by atoms with E-state index in [1.807, 2.05) is 5.38 Å². The highest BCUT2D eigenvalue weighted by Gasteiger charge is 2.19. The Balaban J connectivity index is 1.66. The first-order valence-electron chi connectivity index (χ1n) is 6.14. The van der Waals surface area contributed by atoms with Crippen LogP contribution in [0.3, 0.4) is 0 Å². The van der Waals surface area contributed by atoms with Crippen LogP contribution in [0.5, 0.6) is 11.5 Å². The molecule has 3 N–H and O–H groups in total. The van der Waals surface area contributed by atoms with Gasteiger partial charge in [-0.25, -0.2) is 18.1 Å². The Bertz CT molecular complexity index is 758. The van der Waals surface area contributed by atoms with E-state index in [0.29, 0.717) is 23.1 Å². The van der Waals surface area contributed by atoms with E-state index < -0.39 is 10.0 Å². The number of aromatic nitrogens is 1. The fraction of sp³-hybridized carbons (Fsp3) is 0.250. The van der Waals surface area contributed by atoms with Crippen molar-refractivity contribution in [3.63, 3.8) is 0 Å². The van der Waals surface area contributed by atoms with Gasteiger partial charge >= 0.3 is 0 Å². The molecule has 1 aliphatic heterocycles. The summed E-state index contributed by atoms with van der Waals surface area (Å²) in [7, 11) is -3.59. The fourth-order valence-corrected chi connectivity index (χ4v) is 3.52. The molecular formula is C12H13N3O4S2. The Kier molecular flexibility index (Phi) is 3.70. The first-order chi connectivity index (χ1) is 10.0. The molecule has 0 atom stereocenters. The molecule has 2 heterocycles. The van der Waals surface area contributed by atoms with Gasteiger partial charge in [0.2, 0.25) is 16.8 Å². The van der Waals surface area contributed by atoms with Gasteiger partial charge in [-0.2, -0.15) is 0 Å². The van der Waals surface area contributed by atoms with Gasteiger partial charge in [0.1, 0.15) is 0 Å². The number of thiazole rings is 1. The molecule has 112 valence electrons. The molecule has 9 heteroatoms. The predicted octanol–water partition coefficient (Wildman–Crippen LogP) is 0.975. The minimum absolute atomic E-state index is 0.109. The highest BCUT2D eigenvalue weighted by Crippen LogP contribution is 2.33. The molecule has 21 heavy (non-hydrogen) atoms. The summed E-state index contributed by atoms with van der Waals surface area (Å²) in [5.41, 5.74) is 6.29. The number of hydrogen-bond donors (Lipinski definition) is 2. The number of fused-ring (bicyclic) bond motifs is 1. The van der Waals surface area contributed by atoms with Crippen LogP contribution in [-0.2, 0) is 16.4 Å². The van der Waals surface area contributed by atoms with Crippen LogP contribution in [-0.4, -0.2) is 26.7 Å². The molecule has 1 aromatic carbocycles. The van der Waals surface area contributed by atoms with Gasteiger partial charge in [-0.3, -0.25) is 0 Å². The van der Waals surface area contributed by atoms with Gasteiger partial charge in [0.25, 0.3) is 0 Å². The second-order valence-electron chi connectivity index (χ2n) is 4.34. The summed E-state index contributed by atoms with van der Waals surface area (Å²) in [5, 5.41) is 2.29. The zero-order valence-corrected chi connectivity index (χ0v) is 12.5. The third-order valence-electron chi connectivity index (χ3n) is 2.90. The van der Waals surface area contributed by atoms with Crippen LogP contribution in [0.15, 0.2) is 28.5 Å². The van der Waals surface area contributed by atoms with Crippen molar-refractivity contribution in [2.75, 3.05) is 19.1 Å². The maximum Gasteiger partial charge on any atom is 0.240 e. The van der Waals surface area contributed by atoms with Crippen molar-refractivity contribution in [3.8, 4) is 11.5 Å². The smallest absolute Gasteiger partial charge is 0.240 e. The first kappa shape index (κ1) is 14.1. The number of nitrogens with one attached hydrogen (secondary N) is 1.